The summed E-state index contributed by atoms with van der Waals surface area (Å²) in [7, 11) is 1.59. The van der Waals surface area contributed by atoms with E-state index in [1.54, 1.807) is 13.3 Å². The second kappa shape index (κ2) is 10.5. The van der Waals surface area contributed by atoms with Crippen LogP contribution in [0.2, 0.25) is 0 Å². The first-order valence-electron chi connectivity index (χ1n) is 9.20. The molecule has 0 aliphatic carbocycles. The third-order valence-corrected chi connectivity index (χ3v) is 4.08. The average molecular weight is 389 g/mol. The first-order valence-corrected chi connectivity index (χ1v) is 9.20. The van der Waals surface area contributed by atoms with Crippen LogP contribution in [0.1, 0.15) is 11.1 Å². The molecule has 0 unspecified atom stereocenters. The van der Waals surface area contributed by atoms with Gasteiger partial charge in [-0.25, -0.2) is 5.43 Å². The molecule has 0 aromatic heterocycles. The topological polar surface area (TPSA) is 72.0 Å². The van der Waals surface area contributed by atoms with Crippen molar-refractivity contribution in [3.8, 4) is 11.5 Å². The van der Waals surface area contributed by atoms with Gasteiger partial charge in [0.25, 0.3) is 5.91 Å². The molecule has 29 heavy (non-hydrogen) atoms. The molecule has 0 saturated carbocycles. The summed E-state index contributed by atoms with van der Waals surface area (Å²) >= 11 is 0. The number of rotatable bonds is 9. The van der Waals surface area contributed by atoms with Crippen molar-refractivity contribution in [2.45, 2.75) is 6.61 Å². The predicted molar refractivity (Wildman–Crippen MR) is 114 cm³/mol. The molecule has 3 rings (SSSR count). The van der Waals surface area contributed by atoms with Gasteiger partial charge in [0, 0.05) is 0 Å². The highest BCUT2D eigenvalue weighted by atomic mass is 16.5. The summed E-state index contributed by atoms with van der Waals surface area (Å²) in [4.78, 5) is 11.9. The maximum absolute atomic E-state index is 11.9. The zero-order valence-electron chi connectivity index (χ0n) is 16.2. The van der Waals surface area contributed by atoms with Gasteiger partial charge in [0.05, 0.1) is 25.6 Å². The molecule has 1 amide bonds. The van der Waals surface area contributed by atoms with Crippen molar-refractivity contribution in [3.05, 3.63) is 90.0 Å². The third kappa shape index (κ3) is 6.39. The highest BCUT2D eigenvalue weighted by molar-refractivity contribution is 5.84. The van der Waals surface area contributed by atoms with Crippen LogP contribution >= 0.6 is 0 Å². The minimum absolute atomic E-state index is 0.0873. The lowest BCUT2D eigenvalue weighted by Gasteiger charge is -2.09. The highest BCUT2D eigenvalue weighted by Gasteiger charge is 2.04. The van der Waals surface area contributed by atoms with Crippen LogP contribution in [0.3, 0.4) is 0 Å². The zero-order valence-corrected chi connectivity index (χ0v) is 16.2. The SMILES string of the molecule is COc1ccccc1NCC(=O)N/N=C\c1ccc(OCc2ccccc2)cc1. The van der Waals surface area contributed by atoms with Crippen molar-refractivity contribution in [2.24, 2.45) is 5.10 Å². The molecule has 3 aromatic rings. The number of carbonyl (C=O) groups excluding carboxylic acids is 1. The van der Waals surface area contributed by atoms with Crippen molar-refractivity contribution >= 4 is 17.8 Å². The summed E-state index contributed by atoms with van der Waals surface area (Å²) in [6, 6.07) is 24.9. The van der Waals surface area contributed by atoms with Crippen LogP contribution in [0.5, 0.6) is 11.5 Å². The molecular formula is C23H23N3O3. The second-order valence-corrected chi connectivity index (χ2v) is 6.19. The number of methoxy groups -OCH3 is 1. The normalized spacial score (nSPS) is 10.5. The van der Waals surface area contributed by atoms with Crippen molar-refractivity contribution < 1.29 is 14.3 Å². The summed E-state index contributed by atoms with van der Waals surface area (Å²) in [5.74, 6) is 1.20. The third-order valence-electron chi connectivity index (χ3n) is 4.08. The quantitative estimate of drug-likeness (QED) is 0.431. The monoisotopic (exact) mass is 389 g/mol. The van der Waals surface area contributed by atoms with Gasteiger partial charge in [-0.2, -0.15) is 5.10 Å². The molecule has 0 heterocycles. The fourth-order valence-corrected chi connectivity index (χ4v) is 2.58. The number of nitrogens with zero attached hydrogens (tertiary/aromatic N) is 1. The molecule has 0 atom stereocenters. The van der Waals surface area contributed by atoms with Gasteiger partial charge in [0.2, 0.25) is 0 Å². The Morgan fingerprint density at radius 3 is 2.45 bits per heavy atom. The molecule has 0 aliphatic heterocycles. The highest BCUT2D eigenvalue weighted by Crippen LogP contribution is 2.22. The van der Waals surface area contributed by atoms with Gasteiger partial charge in [-0.1, -0.05) is 42.5 Å². The first kappa shape index (κ1) is 19.9. The number of carbonyl (C=O) groups is 1. The van der Waals surface area contributed by atoms with Gasteiger partial charge >= 0.3 is 0 Å². The lowest BCUT2D eigenvalue weighted by Crippen LogP contribution is -2.26. The fourth-order valence-electron chi connectivity index (χ4n) is 2.58. The summed E-state index contributed by atoms with van der Waals surface area (Å²) in [6.45, 7) is 0.605. The van der Waals surface area contributed by atoms with Gasteiger partial charge in [0.15, 0.2) is 0 Å². The molecule has 0 fully saturated rings. The molecule has 148 valence electrons. The van der Waals surface area contributed by atoms with E-state index < -0.39 is 0 Å². The number of ether oxygens (including phenoxy) is 2. The molecule has 0 saturated heterocycles. The summed E-state index contributed by atoms with van der Waals surface area (Å²) in [6.07, 6.45) is 1.59. The lowest BCUT2D eigenvalue weighted by molar-refractivity contribution is -0.119. The Hall–Kier alpha value is -3.80. The Morgan fingerprint density at radius 1 is 0.966 bits per heavy atom. The largest absolute Gasteiger partial charge is 0.495 e. The van der Waals surface area contributed by atoms with Crippen molar-refractivity contribution in [2.75, 3.05) is 19.0 Å². The van der Waals surface area contributed by atoms with Crippen molar-refractivity contribution in [1.82, 2.24) is 5.43 Å². The van der Waals surface area contributed by atoms with E-state index in [9.17, 15) is 4.79 Å². The van der Waals surface area contributed by atoms with Gasteiger partial charge in [-0.05, 0) is 47.5 Å². The zero-order chi connectivity index (χ0) is 20.3. The fraction of sp³-hybridized carbons (Fsp3) is 0.130. The predicted octanol–water partition coefficient (Wildman–Crippen LogP) is 3.84. The summed E-state index contributed by atoms with van der Waals surface area (Å²) < 4.78 is 11.0. The Kier molecular flexibility index (Phi) is 7.23. The number of amides is 1. The Labute approximate surface area is 170 Å². The number of hydrogen-bond acceptors (Lipinski definition) is 5. The van der Waals surface area contributed by atoms with Crippen LogP contribution in [-0.2, 0) is 11.4 Å². The van der Waals surface area contributed by atoms with Crippen LogP contribution in [-0.4, -0.2) is 25.8 Å². The second-order valence-electron chi connectivity index (χ2n) is 6.19. The van der Waals surface area contributed by atoms with Crippen molar-refractivity contribution in [3.63, 3.8) is 0 Å². The average Bonchev–Trinajstić information content (AvgIpc) is 2.78. The Morgan fingerprint density at radius 2 is 1.69 bits per heavy atom. The van der Waals surface area contributed by atoms with Gasteiger partial charge in [0.1, 0.15) is 18.1 Å². The van der Waals surface area contributed by atoms with E-state index in [0.717, 1.165) is 22.6 Å². The van der Waals surface area contributed by atoms with Gasteiger partial charge in [-0.15, -0.1) is 0 Å². The maximum atomic E-state index is 11.9. The van der Waals surface area contributed by atoms with E-state index in [0.29, 0.717) is 12.4 Å². The minimum atomic E-state index is -0.255. The number of para-hydroxylation sites is 2. The standard InChI is InChI=1S/C23H23N3O3/c1-28-22-10-6-5-9-21(22)24-16-23(27)26-25-15-18-11-13-20(14-12-18)29-17-19-7-3-2-4-8-19/h2-15,24H,16-17H2,1H3,(H,26,27)/b25-15-. The molecule has 3 aromatic carbocycles. The van der Waals surface area contributed by atoms with Gasteiger partial charge < -0.3 is 14.8 Å². The molecule has 0 aliphatic rings. The summed E-state index contributed by atoms with van der Waals surface area (Å²) in [5.41, 5.74) is 5.22. The Balaban J connectivity index is 1.43. The number of hydrogen-bond donors (Lipinski definition) is 2. The van der Waals surface area contributed by atoms with Crippen LogP contribution in [0.15, 0.2) is 84.0 Å². The van der Waals surface area contributed by atoms with Crippen LogP contribution in [0.4, 0.5) is 5.69 Å². The van der Waals surface area contributed by atoms with E-state index in [-0.39, 0.29) is 12.5 Å². The number of hydrazone groups is 1. The van der Waals surface area contributed by atoms with E-state index >= 15 is 0 Å². The molecule has 0 radical (unpaired) electrons. The smallest absolute Gasteiger partial charge is 0.259 e. The molecule has 0 spiro atoms. The molecule has 2 N–H and O–H groups in total. The van der Waals surface area contributed by atoms with Crippen LogP contribution < -0.4 is 20.2 Å². The number of nitrogens with one attached hydrogen (secondary N) is 2. The number of benzene rings is 3. The maximum Gasteiger partial charge on any atom is 0.259 e. The molecule has 6 nitrogen and oxygen atoms in total. The summed E-state index contributed by atoms with van der Waals surface area (Å²) in [5, 5.41) is 7.00. The lowest BCUT2D eigenvalue weighted by atomic mass is 10.2. The Bertz CT molecular complexity index is 941. The molecular weight excluding hydrogens is 366 g/mol. The van der Waals surface area contributed by atoms with E-state index in [1.807, 2.05) is 78.9 Å². The van der Waals surface area contributed by atoms with Crippen LogP contribution in [0.25, 0.3) is 0 Å². The van der Waals surface area contributed by atoms with Crippen LogP contribution in [0, 0.1) is 0 Å². The minimum Gasteiger partial charge on any atom is -0.495 e. The van der Waals surface area contributed by atoms with E-state index in [2.05, 4.69) is 15.8 Å². The molecule has 0 bridgehead atoms. The molecule has 6 heteroatoms. The first-order chi connectivity index (χ1) is 14.2. The number of anilines is 1. The van der Waals surface area contributed by atoms with Gasteiger partial charge in [-0.3, -0.25) is 4.79 Å². The van der Waals surface area contributed by atoms with Crippen molar-refractivity contribution in [1.29, 1.82) is 0 Å². The van der Waals surface area contributed by atoms with E-state index in [1.165, 1.54) is 0 Å². The van der Waals surface area contributed by atoms with E-state index in [4.69, 9.17) is 9.47 Å².